The van der Waals surface area contributed by atoms with Gasteiger partial charge in [-0.2, -0.15) is 0 Å². The van der Waals surface area contributed by atoms with Gasteiger partial charge in [-0.15, -0.1) is 0 Å². The molecule has 0 N–H and O–H groups in total. The molecule has 0 bridgehead atoms. The number of halogens is 1. The van der Waals surface area contributed by atoms with Gasteiger partial charge in [0.2, 0.25) is 0 Å². The quantitative estimate of drug-likeness (QED) is 0.108. The standard InChI is InChI=1S/C27H58ClP/c1-5-9-10-11-12-13-14-15-16-17-18-19-20-21-22-23-27-29(28,24-6-2,25-7-3)26-8-4/h5-27H2,1-4H3. The van der Waals surface area contributed by atoms with Crippen LogP contribution in [0.3, 0.4) is 0 Å². The van der Waals surface area contributed by atoms with Crippen molar-refractivity contribution >= 4 is 17.2 Å². The van der Waals surface area contributed by atoms with E-state index in [1.54, 1.807) is 0 Å². The molecule has 0 saturated carbocycles. The molecule has 0 saturated heterocycles. The van der Waals surface area contributed by atoms with Crippen LogP contribution in [-0.4, -0.2) is 24.6 Å². The van der Waals surface area contributed by atoms with Crippen molar-refractivity contribution < 1.29 is 0 Å². The molecule has 0 aromatic rings. The second kappa shape index (κ2) is 19.4. The average molecular weight is 449 g/mol. The fourth-order valence-electron chi connectivity index (χ4n) is 5.40. The zero-order chi connectivity index (χ0) is 21.7. The van der Waals surface area contributed by atoms with Crippen molar-refractivity contribution in [1.29, 1.82) is 0 Å². The van der Waals surface area contributed by atoms with E-state index >= 15 is 0 Å². The van der Waals surface area contributed by atoms with E-state index in [1.807, 2.05) is 0 Å². The van der Waals surface area contributed by atoms with Gasteiger partial charge in [0, 0.05) is 0 Å². The van der Waals surface area contributed by atoms with E-state index in [0.29, 0.717) is 0 Å². The molecular formula is C27H58ClP. The molecule has 178 valence electrons. The summed E-state index contributed by atoms with van der Waals surface area (Å²) in [5, 5.41) is 0. The number of hydrogen-bond acceptors (Lipinski definition) is 0. The molecule has 0 spiro atoms. The summed E-state index contributed by atoms with van der Waals surface area (Å²) >= 11 is 7.49. The van der Waals surface area contributed by atoms with E-state index in [-0.39, 0.29) is 0 Å². The van der Waals surface area contributed by atoms with Gasteiger partial charge in [0.15, 0.2) is 0 Å². The minimum atomic E-state index is -1.91. The van der Waals surface area contributed by atoms with E-state index in [9.17, 15) is 0 Å². The van der Waals surface area contributed by atoms with Gasteiger partial charge in [-0.25, -0.2) is 0 Å². The maximum atomic E-state index is 7.49. The summed E-state index contributed by atoms with van der Waals surface area (Å²) in [5.74, 6) is -1.91. The molecule has 0 heterocycles. The Hall–Kier alpha value is 0.720. The zero-order valence-electron chi connectivity index (χ0n) is 21.1. The third kappa shape index (κ3) is 16.1. The van der Waals surface area contributed by atoms with E-state index in [2.05, 4.69) is 27.7 Å². The van der Waals surface area contributed by atoms with Crippen molar-refractivity contribution in [2.24, 2.45) is 0 Å². The maximum absolute atomic E-state index is 7.49. The van der Waals surface area contributed by atoms with Gasteiger partial charge in [0.25, 0.3) is 0 Å². The van der Waals surface area contributed by atoms with Gasteiger partial charge in [0.1, 0.15) is 0 Å². The first kappa shape index (κ1) is 29.7. The summed E-state index contributed by atoms with van der Waals surface area (Å²) in [5.41, 5.74) is 0. The van der Waals surface area contributed by atoms with E-state index in [4.69, 9.17) is 11.2 Å². The number of hydrogen-bond donors (Lipinski definition) is 0. The Morgan fingerprint density at radius 1 is 0.345 bits per heavy atom. The van der Waals surface area contributed by atoms with Crippen molar-refractivity contribution in [3.63, 3.8) is 0 Å². The summed E-state index contributed by atoms with van der Waals surface area (Å²) < 4.78 is 0. The fourth-order valence-corrected chi connectivity index (χ4v) is 13.0. The van der Waals surface area contributed by atoms with Gasteiger partial charge in [-0.3, -0.25) is 0 Å². The van der Waals surface area contributed by atoms with Crippen LogP contribution < -0.4 is 0 Å². The number of rotatable bonds is 23. The van der Waals surface area contributed by atoms with Crippen LogP contribution in [0.4, 0.5) is 0 Å². The minimum absolute atomic E-state index is 1.28. The van der Waals surface area contributed by atoms with Crippen LogP contribution in [0.15, 0.2) is 0 Å². The Labute approximate surface area is 191 Å². The third-order valence-corrected chi connectivity index (χ3v) is 15.1. The van der Waals surface area contributed by atoms with E-state index < -0.39 is 5.96 Å². The Morgan fingerprint density at radius 2 is 0.621 bits per heavy atom. The summed E-state index contributed by atoms with van der Waals surface area (Å²) in [7, 11) is 0. The van der Waals surface area contributed by atoms with Crippen LogP contribution in [0.1, 0.15) is 150 Å². The monoisotopic (exact) mass is 448 g/mol. The van der Waals surface area contributed by atoms with Gasteiger partial charge < -0.3 is 0 Å². The first-order valence-electron chi connectivity index (χ1n) is 13.8. The fraction of sp³-hybridized carbons (Fsp3) is 1.00. The predicted molar refractivity (Wildman–Crippen MR) is 143 cm³/mol. The van der Waals surface area contributed by atoms with Gasteiger partial charge in [0.05, 0.1) is 0 Å². The molecule has 0 amide bonds. The Bertz CT molecular complexity index is 322. The van der Waals surface area contributed by atoms with Crippen LogP contribution in [-0.2, 0) is 0 Å². The van der Waals surface area contributed by atoms with Crippen molar-refractivity contribution in [1.82, 2.24) is 0 Å². The molecule has 0 aliphatic heterocycles. The first-order chi connectivity index (χ1) is 14.0. The summed E-state index contributed by atoms with van der Waals surface area (Å²) in [6, 6.07) is 0. The zero-order valence-corrected chi connectivity index (χ0v) is 22.7. The molecule has 0 aromatic carbocycles. The van der Waals surface area contributed by atoms with E-state index in [0.717, 1.165) is 0 Å². The van der Waals surface area contributed by atoms with Crippen molar-refractivity contribution in [2.75, 3.05) is 24.6 Å². The molecule has 0 aliphatic rings. The molecule has 0 aliphatic carbocycles. The SMILES string of the molecule is CCCCCCCCCCCCCCCCCCP(Cl)(CCC)(CCC)CCC. The molecule has 0 radical (unpaired) electrons. The molecule has 0 nitrogen and oxygen atoms in total. The van der Waals surface area contributed by atoms with Crippen LogP contribution in [0.5, 0.6) is 0 Å². The number of unbranched alkanes of at least 4 members (excludes halogenated alkanes) is 15. The Kier molecular flexibility index (Phi) is 19.9. The summed E-state index contributed by atoms with van der Waals surface area (Å²) in [6.07, 6.45) is 32.4. The molecule has 29 heavy (non-hydrogen) atoms. The molecule has 0 aromatic heterocycles. The molecule has 0 atom stereocenters. The Morgan fingerprint density at radius 3 is 0.897 bits per heavy atom. The molecule has 0 rings (SSSR count). The first-order valence-corrected chi connectivity index (χ1v) is 17.6. The van der Waals surface area contributed by atoms with Gasteiger partial charge in [-0.05, 0) is 0 Å². The average Bonchev–Trinajstić information content (AvgIpc) is 2.68. The molecule has 0 unspecified atom stereocenters. The topological polar surface area (TPSA) is 0 Å². The molecule has 0 fully saturated rings. The Balaban J connectivity index is 3.62. The summed E-state index contributed by atoms with van der Waals surface area (Å²) in [6.45, 7) is 9.31. The van der Waals surface area contributed by atoms with Gasteiger partial charge in [-0.1, -0.05) is 39.0 Å². The second-order valence-electron chi connectivity index (χ2n) is 10.0. The van der Waals surface area contributed by atoms with Gasteiger partial charge >= 0.3 is 153 Å². The second-order valence-corrected chi connectivity index (χ2v) is 18.3. The predicted octanol–water partition coefficient (Wildman–Crippen LogP) is 11.2. The van der Waals surface area contributed by atoms with E-state index in [1.165, 1.54) is 147 Å². The van der Waals surface area contributed by atoms with Crippen LogP contribution in [0, 0.1) is 0 Å². The third-order valence-electron chi connectivity index (χ3n) is 6.92. The molecular weight excluding hydrogens is 391 g/mol. The van der Waals surface area contributed by atoms with Crippen molar-refractivity contribution in [3.05, 3.63) is 0 Å². The molecule has 2 heteroatoms. The summed E-state index contributed by atoms with van der Waals surface area (Å²) in [4.78, 5) is 0. The van der Waals surface area contributed by atoms with Crippen molar-refractivity contribution in [2.45, 2.75) is 150 Å². The van der Waals surface area contributed by atoms with Crippen LogP contribution >= 0.6 is 17.2 Å². The van der Waals surface area contributed by atoms with Crippen LogP contribution in [0.25, 0.3) is 0 Å². The van der Waals surface area contributed by atoms with Crippen LogP contribution in [0.2, 0.25) is 0 Å². The normalized spacial score (nSPS) is 13.5. The van der Waals surface area contributed by atoms with Crippen molar-refractivity contribution in [3.8, 4) is 0 Å².